The molecule has 1 aromatic rings. The molecule has 2 N–H and O–H groups in total. The van der Waals surface area contributed by atoms with E-state index in [0.717, 1.165) is 5.69 Å². The number of rotatable bonds is 2. The van der Waals surface area contributed by atoms with E-state index in [1.165, 1.54) is 10.7 Å². The molecule has 0 amide bonds. The summed E-state index contributed by atoms with van der Waals surface area (Å²) in [5, 5.41) is 4.07. The third-order valence-corrected chi connectivity index (χ3v) is 1.58. The zero-order valence-corrected chi connectivity index (χ0v) is 7.32. The average Bonchev–Trinajstić information content (AvgIpc) is 2.05. The molecule has 0 radical (unpaired) electrons. The summed E-state index contributed by atoms with van der Waals surface area (Å²) in [7, 11) is 0. The summed E-state index contributed by atoms with van der Waals surface area (Å²) in [5.74, 6) is 0. The molecule has 0 aliphatic heterocycles. The van der Waals surface area contributed by atoms with Crippen LogP contribution >= 0.6 is 0 Å². The maximum atomic E-state index is 11.2. The summed E-state index contributed by atoms with van der Waals surface area (Å²) >= 11 is 0. The molecule has 0 atom stereocenters. The van der Waals surface area contributed by atoms with Gasteiger partial charge in [0.1, 0.15) is 0 Å². The molecule has 0 saturated carbocycles. The van der Waals surface area contributed by atoms with Gasteiger partial charge in [-0.05, 0) is 19.9 Å². The Bertz CT molecular complexity index is 316. The minimum absolute atomic E-state index is 0.0813. The van der Waals surface area contributed by atoms with Crippen LogP contribution in [0.15, 0.2) is 16.9 Å². The van der Waals surface area contributed by atoms with Crippen molar-refractivity contribution in [1.29, 1.82) is 0 Å². The van der Waals surface area contributed by atoms with Crippen LogP contribution in [0.25, 0.3) is 0 Å². The third kappa shape index (κ3) is 1.71. The molecule has 0 aromatic carbocycles. The second kappa shape index (κ2) is 3.49. The van der Waals surface area contributed by atoms with E-state index in [9.17, 15) is 4.79 Å². The van der Waals surface area contributed by atoms with Crippen LogP contribution in [-0.4, -0.2) is 9.78 Å². The van der Waals surface area contributed by atoms with Gasteiger partial charge >= 0.3 is 0 Å². The van der Waals surface area contributed by atoms with Crippen LogP contribution in [-0.2, 0) is 6.54 Å². The smallest absolute Gasteiger partial charge is 0.266 e. The minimum Gasteiger partial charge on any atom is -0.325 e. The van der Waals surface area contributed by atoms with Gasteiger partial charge in [0, 0.05) is 12.6 Å². The summed E-state index contributed by atoms with van der Waals surface area (Å²) < 4.78 is 1.43. The van der Waals surface area contributed by atoms with E-state index >= 15 is 0 Å². The van der Waals surface area contributed by atoms with Crippen molar-refractivity contribution in [3.05, 3.63) is 28.2 Å². The fourth-order valence-corrected chi connectivity index (χ4v) is 0.944. The quantitative estimate of drug-likeness (QED) is 0.688. The Hall–Kier alpha value is -1.16. The summed E-state index contributed by atoms with van der Waals surface area (Å²) in [5.41, 5.74) is 6.05. The van der Waals surface area contributed by atoms with Crippen molar-refractivity contribution in [2.45, 2.75) is 26.4 Å². The summed E-state index contributed by atoms with van der Waals surface area (Å²) in [6.07, 6.45) is 0. The van der Waals surface area contributed by atoms with Gasteiger partial charge in [0.2, 0.25) is 0 Å². The van der Waals surface area contributed by atoms with Crippen LogP contribution in [0, 0.1) is 0 Å². The topological polar surface area (TPSA) is 60.9 Å². The van der Waals surface area contributed by atoms with Crippen LogP contribution in [0.2, 0.25) is 0 Å². The molecule has 0 bridgehead atoms. The molecule has 1 heterocycles. The molecule has 4 nitrogen and oxygen atoms in total. The molecule has 12 heavy (non-hydrogen) atoms. The maximum Gasteiger partial charge on any atom is 0.266 e. The van der Waals surface area contributed by atoms with E-state index < -0.39 is 0 Å². The fraction of sp³-hybridized carbons (Fsp3) is 0.500. The number of hydrogen-bond donors (Lipinski definition) is 1. The van der Waals surface area contributed by atoms with Crippen molar-refractivity contribution in [3.63, 3.8) is 0 Å². The second-order valence-electron chi connectivity index (χ2n) is 2.91. The van der Waals surface area contributed by atoms with Crippen LogP contribution in [0.5, 0.6) is 0 Å². The number of aromatic nitrogens is 2. The van der Waals surface area contributed by atoms with E-state index in [1.807, 2.05) is 13.8 Å². The monoisotopic (exact) mass is 167 g/mol. The second-order valence-corrected chi connectivity index (χ2v) is 2.91. The number of hydrogen-bond acceptors (Lipinski definition) is 3. The SMILES string of the molecule is CC(C)n1nc(CN)ccc1=O. The molecule has 1 aromatic heterocycles. The summed E-state index contributed by atoms with van der Waals surface area (Å²) in [4.78, 5) is 11.2. The molecule has 0 aliphatic rings. The third-order valence-electron chi connectivity index (χ3n) is 1.58. The van der Waals surface area contributed by atoms with Gasteiger partial charge in [-0.25, -0.2) is 4.68 Å². The summed E-state index contributed by atoms with van der Waals surface area (Å²) in [6.45, 7) is 4.19. The highest BCUT2D eigenvalue weighted by molar-refractivity contribution is 4.99. The van der Waals surface area contributed by atoms with Gasteiger partial charge in [0.05, 0.1) is 11.7 Å². The number of nitrogens with two attached hydrogens (primary N) is 1. The lowest BCUT2D eigenvalue weighted by Gasteiger charge is -2.08. The Morgan fingerprint density at radius 1 is 1.58 bits per heavy atom. The van der Waals surface area contributed by atoms with Gasteiger partial charge in [-0.3, -0.25) is 4.79 Å². The van der Waals surface area contributed by atoms with Crippen molar-refractivity contribution in [2.24, 2.45) is 5.73 Å². The van der Waals surface area contributed by atoms with Crippen LogP contribution < -0.4 is 11.3 Å². The van der Waals surface area contributed by atoms with E-state index in [1.54, 1.807) is 6.07 Å². The Balaban J connectivity index is 3.17. The molecule has 66 valence electrons. The molecule has 0 spiro atoms. The molecule has 0 unspecified atom stereocenters. The maximum absolute atomic E-state index is 11.2. The highest BCUT2D eigenvalue weighted by Crippen LogP contribution is 1.97. The zero-order chi connectivity index (χ0) is 9.14. The Labute approximate surface area is 71.0 Å². The van der Waals surface area contributed by atoms with Crippen molar-refractivity contribution in [3.8, 4) is 0 Å². The van der Waals surface area contributed by atoms with Crippen molar-refractivity contribution >= 4 is 0 Å². The van der Waals surface area contributed by atoms with Crippen LogP contribution in [0.4, 0.5) is 0 Å². The molecule has 4 heteroatoms. The van der Waals surface area contributed by atoms with Gasteiger partial charge in [-0.15, -0.1) is 0 Å². The first-order valence-corrected chi connectivity index (χ1v) is 3.94. The molecule has 1 rings (SSSR count). The first-order valence-electron chi connectivity index (χ1n) is 3.94. The van der Waals surface area contributed by atoms with E-state index in [-0.39, 0.29) is 11.6 Å². The molecule has 0 saturated heterocycles. The fourth-order valence-electron chi connectivity index (χ4n) is 0.944. The van der Waals surface area contributed by atoms with Crippen molar-refractivity contribution in [2.75, 3.05) is 0 Å². The Kier molecular flexibility index (Phi) is 2.60. The standard InChI is InChI=1S/C8H13N3O/c1-6(2)11-8(12)4-3-7(5-9)10-11/h3-4,6H,5,9H2,1-2H3. The van der Waals surface area contributed by atoms with E-state index in [0.29, 0.717) is 6.54 Å². The molecular formula is C8H13N3O. The Morgan fingerprint density at radius 2 is 2.25 bits per heavy atom. The van der Waals surface area contributed by atoms with Crippen molar-refractivity contribution < 1.29 is 0 Å². The first-order chi connectivity index (χ1) is 5.65. The largest absolute Gasteiger partial charge is 0.325 e. The van der Waals surface area contributed by atoms with E-state index in [2.05, 4.69) is 5.10 Å². The minimum atomic E-state index is -0.0813. The van der Waals surface area contributed by atoms with Gasteiger partial charge < -0.3 is 5.73 Å². The highest BCUT2D eigenvalue weighted by atomic mass is 16.1. The average molecular weight is 167 g/mol. The highest BCUT2D eigenvalue weighted by Gasteiger charge is 2.01. The van der Waals surface area contributed by atoms with Gasteiger partial charge in [-0.1, -0.05) is 0 Å². The lowest BCUT2D eigenvalue weighted by atomic mass is 10.3. The lowest BCUT2D eigenvalue weighted by molar-refractivity contribution is 0.493. The van der Waals surface area contributed by atoms with Gasteiger partial charge in [0.15, 0.2) is 0 Å². The predicted molar refractivity (Wildman–Crippen MR) is 46.8 cm³/mol. The first kappa shape index (κ1) is 8.93. The number of nitrogens with zero attached hydrogens (tertiary/aromatic N) is 2. The van der Waals surface area contributed by atoms with E-state index in [4.69, 9.17) is 5.73 Å². The van der Waals surface area contributed by atoms with Gasteiger partial charge in [0.25, 0.3) is 5.56 Å². The van der Waals surface area contributed by atoms with Crippen molar-refractivity contribution in [1.82, 2.24) is 9.78 Å². The lowest BCUT2D eigenvalue weighted by Crippen LogP contribution is -2.25. The van der Waals surface area contributed by atoms with Gasteiger partial charge in [-0.2, -0.15) is 5.10 Å². The molecule has 0 fully saturated rings. The molecular weight excluding hydrogens is 154 g/mol. The predicted octanol–water partition coefficient (Wildman–Crippen LogP) is 0.283. The Morgan fingerprint density at radius 3 is 2.75 bits per heavy atom. The summed E-state index contributed by atoms with van der Waals surface area (Å²) in [6, 6.07) is 3.24. The van der Waals surface area contributed by atoms with Crippen LogP contribution in [0.1, 0.15) is 25.6 Å². The zero-order valence-electron chi connectivity index (χ0n) is 7.32. The van der Waals surface area contributed by atoms with Crippen LogP contribution in [0.3, 0.4) is 0 Å². The normalized spacial score (nSPS) is 10.7. The molecule has 0 aliphatic carbocycles.